The van der Waals surface area contributed by atoms with Crippen molar-refractivity contribution in [3.05, 3.63) is 6.33 Å². The topological polar surface area (TPSA) is 66.5 Å². The number of hydrogen-bond donors (Lipinski definition) is 1. The highest BCUT2D eigenvalue weighted by atomic mass is 32.2. The van der Waals surface area contributed by atoms with E-state index in [4.69, 9.17) is 5.26 Å². The molecule has 0 spiro atoms. The van der Waals surface area contributed by atoms with Gasteiger partial charge in [-0.2, -0.15) is 5.26 Å². The molecule has 0 radical (unpaired) electrons. The van der Waals surface area contributed by atoms with Crippen molar-refractivity contribution in [1.82, 2.24) is 20.1 Å². The molecule has 1 unspecified atom stereocenters. The largest absolute Gasteiger partial charge is 0.312 e. The molecule has 1 N–H and O–H groups in total. The van der Waals surface area contributed by atoms with Crippen LogP contribution in [0.1, 0.15) is 13.3 Å². The molecular weight excluding hydrogens is 210 g/mol. The minimum absolute atomic E-state index is 0.119. The third-order valence-corrected chi connectivity index (χ3v) is 2.97. The van der Waals surface area contributed by atoms with Crippen LogP contribution in [0.5, 0.6) is 0 Å². The van der Waals surface area contributed by atoms with Crippen molar-refractivity contribution >= 4 is 11.8 Å². The minimum Gasteiger partial charge on any atom is -0.312 e. The van der Waals surface area contributed by atoms with Crippen LogP contribution in [0.4, 0.5) is 0 Å². The molecule has 0 saturated carbocycles. The molecule has 1 heterocycles. The Balaban J connectivity index is 2.35. The van der Waals surface area contributed by atoms with Crippen LogP contribution >= 0.6 is 11.8 Å². The van der Waals surface area contributed by atoms with Crippen LogP contribution in [-0.2, 0) is 7.05 Å². The average molecular weight is 225 g/mol. The summed E-state index contributed by atoms with van der Waals surface area (Å²) < 4.78 is 1.85. The summed E-state index contributed by atoms with van der Waals surface area (Å²) in [6, 6.07) is 2.11. The fraction of sp³-hybridized carbons (Fsp3) is 0.667. The number of hydrogen-bond acceptors (Lipinski definition) is 5. The van der Waals surface area contributed by atoms with Gasteiger partial charge < -0.3 is 9.88 Å². The Morgan fingerprint density at radius 1 is 1.73 bits per heavy atom. The molecule has 1 rings (SSSR count). The van der Waals surface area contributed by atoms with E-state index < -0.39 is 0 Å². The van der Waals surface area contributed by atoms with Gasteiger partial charge in [-0.25, -0.2) is 0 Å². The SMILES string of the molecule is CCCNC(C#N)CSc1nncn1C. The summed E-state index contributed by atoms with van der Waals surface area (Å²) in [5, 5.41) is 20.6. The van der Waals surface area contributed by atoms with Crippen molar-refractivity contribution in [2.75, 3.05) is 12.3 Å². The van der Waals surface area contributed by atoms with Crippen LogP contribution < -0.4 is 5.32 Å². The van der Waals surface area contributed by atoms with Gasteiger partial charge in [-0.05, 0) is 13.0 Å². The number of nitriles is 1. The zero-order valence-electron chi connectivity index (χ0n) is 8.97. The lowest BCUT2D eigenvalue weighted by Crippen LogP contribution is -2.30. The first-order valence-corrected chi connectivity index (χ1v) is 5.86. The maximum Gasteiger partial charge on any atom is 0.190 e. The predicted octanol–water partition coefficient (Wildman–Crippen LogP) is 0.799. The Morgan fingerprint density at radius 3 is 3.07 bits per heavy atom. The second-order valence-electron chi connectivity index (χ2n) is 3.17. The molecule has 15 heavy (non-hydrogen) atoms. The molecular formula is C9H15N5S. The summed E-state index contributed by atoms with van der Waals surface area (Å²) >= 11 is 1.54. The van der Waals surface area contributed by atoms with Crippen molar-refractivity contribution in [1.29, 1.82) is 5.26 Å². The highest BCUT2D eigenvalue weighted by Gasteiger charge is 2.08. The van der Waals surface area contributed by atoms with E-state index in [-0.39, 0.29) is 6.04 Å². The molecule has 82 valence electrons. The van der Waals surface area contributed by atoms with Crippen LogP contribution in [0.2, 0.25) is 0 Å². The highest BCUT2D eigenvalue weighted by Crippen LogP contribution is 2.14. The first-order chi connectivity index (χ1) is 7.27. The van der Waals surface area contributed by atoms with E-state index in [0.29, 0.717) is 5.75 Å². The molecule has 0 amide bonds. The molecule has 0 aliphatic heterocycles. The van der Waals surface area contributed by atoms with Gasteiger partial charge >= 0.3 is 0 Å². The summed E-state index contributed by atoms with van der Waals surface area (Å²) in [5.41, 5.74) is 0. The summed E-state index contributed by atoms with van der Waals surface area (Å²) in [6.07, 6.45) is 2.69. The average Bonchev–Trinajstić information content (AvgIpc) is 2.65. The number of aromatic nitrogens is 3. The van der Waals surface area contributed by atoms with E-state index >= 15 is 0 Å². The van der Waals surface area contributed by atoms with Gasteiger partial charge in [-0.15, -0.1) is 10.2 Å². The molecule has 1 aromatic heterocycles. The zero-order valence-corrected chi connectivity index (χ0v) is 9.79. The van der Waals surface area contributed by atoms with Gasteiger partial charge in [0.25, 0.3) is 0 Å². The molecule has 0 aromatic carbocycles. The van der Waals surface area contributed by atoms with Gasteiger partial charge in [-0.1, -0.05) is 18.7 Å². The smallest absolute Gasteiger partial charge is 0.190 e. The van der Waals surface area contributed by atoms with E-state index in [0.717, 1.165) is 18.1 Å². The molecule has 5 nitrogen and oxygen atoms in total. The van der Waals surface area contributed by atoms with Gasteiger partial charge in [0.2, 0.25) is 0 Å². The van der Waals surface area contributed by atoms with Crippen LogP contribution in [0.3, 0.4) is 0 Å². The quantitative estimate of drug-likeness (QED) is 0.725. The number of thioether (sulfide) groups is 1. The molecule has 0 fully saturated rings. The molecule has 0 aliphatic rings. The first-order valence-electron chi connectivity index (χ1n) is 4.87. The third-order valence-electron chi connectivity index (χ3n) is 1.85. The fourth-order valence-corrected chi connectivity index (χ4v) is 1.89. The molecule has 6 heteroatoms. The number of aryl methyl sites for hydroxylation is 1. The monoisotopic (exact) mass is 225 g/mol. The van der Waals surface area contributed by atoms with Crippen LogP contribution in [-0.4, -0.2) is 33.1 Å². The Hall–Kier alpha value is -1.06. The highest BCUT2D eigenvalue weighted by molar-refractivity contribution is 7.99. The van der Waals surface area contributed by atoms with Gasteiger partial charge in [-0.3, -0.25) is 0 Å². The minimum atomic E-state index is -0.119. The summed E-state index contributed by atoms with van der Waals surface area (Å²) in [5.74, 6) is 0.697. The lowest BCUT2D eigenvalue weighted by molar-refractivity contribution is 0.636. The standard InChI is InChI=1S/C9H15N5S/c1-3-4-11-8(5-10)6-15-9-13-12-7-14(9)2/h7-8,11H,3-4,6H2,1-2H3. The predicted molar refractivity (Wildman–Crippen MR) is 59.4 cm³/mol. The van der Waals surface area contributed by atoms with Crippen molar-refractivity contribution in [2.45, 2.75) is 24.5 Å². The second-order valence-corrected chi connectivity index (χ2v) is 4.16. The van der Waals surface area contributed by atoms with E-state index in [1.807, 2.05) is 11.6 Å². The second kappa shape index (κ2) is 6.43. The van der Waals surface area contributed by atoms with Crippen molar-refractivity contribution in [3.63, 3.8) is 0 Å². The Kier molecular flexibility index (Phi) is 5.15. The number of rotatable bonds is 6. The summed E-state index contributed by atoms with van der Waals surface area (Å²) in [7, 11) is 1.89. The van der Waals surface area contributed by atoms with Gasteiger partial charge in [0.1, 0.15) is 12.4 Å². The summed E-state index contributed by atoms with van der Waals surface area (Å²) in [6.45, 7) is 2.95. The van der Waals surface area contributed by atoms with Crippen molar-refractivity contribution in [3.8, 4) is 6.07 Å². The van der Waals surface area contributed by atoms with Crippen LogP contribution in [0.15, 0.2) is 11.5 Å². The zero-order chi connectivity index (χ0) is 11.1. The Labute approximate surface area is 93.9 Å². The Morgan fingerprint density at radius 2 is 2.53 bits per heavy atom. The van der Waals surface area contributed by atoms with E-state index in [9.17, 15) is 0 Å². The molecule has 1 aromatic rings. The van der Waals surface area contributed by atoms with Crippen LogP contribution in [0.25, 0.3) is 0 Å². The lowest BCUT2D eigenvalue weighted by Gasteiger charge is -2.09. The number of nitrogens with one attached hydrogen (secondary N) is 1. The van der Waals surface area contributed by atoms with Gasteiger partial charge in [0.15, 0.2) is 5.16 Å². The first kappa shape index (κ1) is 12.0. The molecule has 0 saturated heterocycles. The fourth-order valence-electron chi connectivity index (χ4n) is 1.02. The van der Waals surface area contributed by atoms with Crippen molar-refractivity contribution < 1.29 is 0 Å². The van der Waals surface area contributed by atoms with Gasteiger partial charge in [0.05, 0.1) is 6.07 Å². The van der Waals surface area contributed by atoms with Gasteiger partial charge in [0, 0.05) is 12.8 Å². The van der Waals surface area contributed by atoms with E-state index in [2.05, 4.69) is 28.5 Å². The molecule has 1 atom stereocenters. The maximum atomic E-state index is 8.88. The maximum absolute atomic E-state index is 8.88. The normalized spacial score (nSPS) is 12.3. The lowest BCUT2D eigenvalue weighted by atomic mass is 10.3. The summed E-state index contributed by atoms with van der Waals surface area (Å²) in [4.78, 5) is 0. The van der Waals surface area contributed by atoms with Crippen molar-refractivity contribution in [2.24, 2.45) is 7.05 Å². The Bertz CT molecular complexity index is 329. The van der Waals surface area contributed by atoms with Crippen LogP contribution in [0, 0.1) is 11.3 Å². The van der Waals surface area contributed by atoms with E-state index in [1.165, 1.54) is 0 Å². The number of nitrogens with zero attached hydrogens (tertiary/aromatic N) is 4. The molecule has 0 bridgehead atoms. The van der Waals surface area contributed by atoms with E-state index in [1.54, 1.807) is 18.1 Å². The third kappa shape index (κ3) is 3.90. The molecule has 0 aliphatic carbocycles.